The van der Waals surface area contributed by atoms with Gasteiger partial charge in [-0.25, -0.2) is 4.98 Å². The maximum absolute atomic E-state index is 13.3. The maximum Gasteiger partial charge on any atom is 0.256 e. The number of rotatable bonds is 3. The zero-order valence-electron chi connectivity index (χ0n) is 14.7. The summed E-state index contributed by atoms with van der Waals surface area (Å²) in [6, 6.07) is 16.0. The van der Waals surface area contributed by atoms with Crippen LogP contribution in [0.25, 0.3) is 5.69 Å². The number of amides is 1. The second-order valence-electron chi connectivity index (χ2n) is 6.51. The van der Waals surface area contributed by atoms with Crippen LogP contribution in [0.2, 0.25) is 0 Å². The van der Waals surface area contributed by atoms with Crippen molar-refractivity contribution in [2.24, 2.45) is 0 Å². The Labute approximate surface area is 152 Å². The van der Waals surface area contributed by atoms with E-state index in [2.05, 4.69) is 4.98 Å². The largest absolute Gasteiger partial charge is 0.370 e. The number of benzene rings is 2. The number of carbonyl (C=O) groups is 1. The molecule has 0 unspecified atom stereocenters. The smallest absolute Gasteiger partial charge is 0.256 e. The first-order valence-corrected chi connectivity index (χ1v) is 8.77. The Morgan fingerprint density at radius 3 is 2.81 bits per heavy atom. The molecular weight excluding hydrogens is 326 g/mol. The predicted octanol–water partition coefficient (Wildman–Crippen LogP) is 3.39. The first kappa shape index (κ1) is 16.5. The normalized spacial score (nSPS) is 17.3. The topological polar surface area (TPSA) is 47.4 Å². The van der Waals surface area contributed by atoms with Crippen LogP contribution in [0, 0.1) is 6.92 Å². The summed E-state index contributed by atoms with van der Waals surface area (Å²) in [5, 5.41) is 0. The molecule has 0 bridgehead atoms. The van der Waals surface area contributed by atoms with E-state index in [1.165, 1.54) is 0 Å². The summed E-state index contributed by atoms with van der Waals surface area (Å²) in [7, 11) is 0. The Morgan fingerprint density at radius 2 is 2.04 bits per heavy atom. The minimum atomic E-state index is -0.0876. The van der Waals surface area contributed by atoms with Gasteiger partial charge in [-0.15, -0.1) is 0 Å². The van der Waals surface area contributed by atoms with E-state index in [0.717, 1.165) is 16.8 Å². The van der Waals surface area contributed by atoms with E-state index in [1.54, 1.807) is 12.5 Å². The molecule has 3 aromatic rings. The summed E-state index contributed by atoms with van der Waals surface area (Å²) in [5.74, 6) is 0.0293. The second-order valence-corrected chi connectivity index (χ2v) is 6.51. The number of carbonyl (C=O) groups excluding carboxylic acids is 1. The molecule has 1 saturated heterocycles. The van der Waals surface area contributed by atoms with Gasteiger partial charge in [0.25, 0.3) is 5.91 Å². The van der Waals surface area contributed by atoms with Gasteiger partial charge >= 0.3 is 0 Å². The van der Waals surface area contributed by atoms with Crippen LogP contribution in [-0.2, 0) is 4.74 Å². The molecule has 1 aliphatic heterocycles. The fraction of sp³-hybridized carbons (Fsp3) is 0.238. The van der Waals surface area contributed by atoms with Crippen molar-refractivity contribution in [1.82, 2.24) is 14.5 Å². The number of imidazole rings is 1. The molecule has 4 rings (SSSR count). The monoisotopic (exact) mass is 347 g/mol. The van der Waals surface area contributed by atoms with Gasteiger partial charge in [0.05, 0.1) is 30.7 Å². The number of nitrogens with zero attached hydrogens (tertiary/aromatic N) is 3. The van der Waals surface area contributed by atoms with Gasteiger partial charge in [0.15, 0.2) is 0 Å². The minimum Gasteiger partial charge on any atom is -0.370 e. The minimum absolute atomic E-state index is 0.0293. The standard InChI is InChI=1S/C21H21N3O2/c1-16-7-8-19(24-10-9-22-15-24)18(13-16)21(25)23-11-12-26-20(14-23)17-5-3-2-4-6-17/h2-10,13,15,20H,11-12,14H2,1H3/t20-/m1/s1. The van der Waals surface area contributed by atoms with Gasteiger partial charge in [-0.05, 0) is 24.6 Å². The Bertz CT molecular complexity index is 891. The van der Waals surface area contributed by atoms with E-state index in [-0.39, 0.29) is 12.0 Å². The van der Waals surface area contributed by atoms with Crippen molar-refractivity contribution in [3.8, 4) is 5.69 Å². The van der Waals surface area contributed by atoms with E-state index in [1.807, 2.05) is 71.1 Å². The summed E-state index contributed by atoms with van der Waals surface area (Å²) in [6.45, 7) is 3.69. The molecule has 2 aromatic carbocycles. The molecule has 1 aromatic heterocycles. The summed E-state index contributed by atoms with van der Waals surface area (Å²) < 4.78 is 7.77. The molecule has 132 valence electrons. The first-order chi connectivity index (χ1) is 12.7. The lowest BCUT2D eigenvalue weighted by molar-refractivity contribution is -0.0228. The Balaban J connectivity index is 1.62. The summed E-state index contributed by atoms with van der Waals surface area (Å²) in [5.41, 5.74) is 3.70. The Kier molecular flexibility index (Phi) is 4.54. The number of ether oxygens (including phenoxy) is 1. The van der Waals surface area contributed by atoms with Crippen LogP contribution in [0.3, 0.4) is 0 Å². The summed E-state index contributed by atoms with van der Waals surface area (Å²) in [4.78, 5) is 19.3. The molecule has 0 aliphatic carbocycles. The SMILES string of the molecule is Cc1ccc(-n2ccnc2)c(C(=O)N2CCO[C@@H](c3ccccc3)C2)c1. The molecule has 2 heterocycles. The predicted molar refractivity (Wildman–Crippen MR) is 99.3 cm³/mol. The van der Waals surface area contributed by atoms with Gasteiger partial charge in [-0.3, -0.25) is 4.79 Å². The van der Waals surface area contributed by atoms with E-state index in [4.69, 9.17) is 4.74 Å². The molecule has 1 atom stereocenters. The van der Waals surface area contributed by atoms with Crippen molar-refractivity contribution in [3.05, 3.63) is 83.9 Å². The molecular formula is C21H21N3O2. The number of aromatic nitrogens is 2. The van der Waals surface area contributed by atoms with Gasteiger partial charge in [0.2, 0.25) is 0 Å². The van der Waals surface area contributed by atoms with Crippen LogP contribution in [0.1, 0.15) is 27.6 Å². The molecule has 5 nitrogen and oxygen atoms in total. The van der Waals surface area contributed by atoms with E-state index < -0.39 is 0 Å². The van der Waals surface area contributed by atoms with E-state index in [0.29, 0.717) is 25.3 Å². The number of hydrogen-bond acceptors (Lipinski definition) is 3. The Hall–Kier alpha value is -2.92. The molecule has 0 saturated carbocycles. The van der Waals surface area contributed by atoms with Gasteiger partial charge in [0, 0.05) is 18.9 Å². The average molecular weight is 347 g/mol. The number of morpholine rings is 1. The molecule has 5 heteroatoms. The lowest BCUT2D eigenvalue weighted by atomic mass is 10.0. The highest BCUT2D eigenvalue weighted by molar-refractivity contribution is 5.98. The van der Waals surface area contributed by atoms with E-state index >= 15 is 0 Å². The van der Waals surface area contributed by atoms with Crippen LogP contribution in [-0.4, -0.2) is 40.1 Å². The zero-order valence-corrected chi connectivity index (χ0v) is 14.7. The van der Waals surface area contributed by atoms with Crippen molar-refractivity contribution in [2.75, 3.05) is 19.7 Å². The van der Waals surface area contributed by atoms with E-state index in [9.17, 15) is 4.79 Å². The van der Waals surface area contributed by atoms with Gasteiger partial charge < -0.3 is 14.2 Å². The molecule has 1 fully saturated rings. The van der Waals surface area contributed by atoms with Crippen molar-refractivity contribution < 1.29 is 9.53 Å². The number of aryl methyl sites for hydroxylation is 1. The van der Waals surface area contributed by atoms with Gasteiger partial charge in [-0.1, -0.05) is 42.0 Å². The molecule has 0 spiro atoms. The second kappa shape index (κ2) is 7.14. The highest BCUT2D eigenvalue weighted by Gasteiger charge is 2.27. The lowest BCUT2D eigenvalue weighted by Crippen LogP contribution is -2.42. The summed E-state index contributed by atoms with van der Waals surface area (Å²) >= 11 is 0. The molecule has 0 radical (unpaired) electrons. The quantitative estimate of drug-likeness (QED) is 0.730. The van der Waals surface area contributed by atoms with Crippen LogP contribution >= 0.6 is 0 Å². The summed E-state index contributed by atoms with van der Waals surface area (Å²) in [6.07, 6.45) is 5.20. The fourth-order valence-corrected chi connectivity index (χ4v) is 3.32. The third kappa shape index (κ3) is 3.26. The molecule has 26 heavy (non-hydrogen) atoms. The van der Waals surface area contributed by atoms with Crippen molar-refractivity contribution in [2.45, 2.75) is 13.0 Å². The number of hydrogen-bond donors (Lipinski definition) is 0. The third-order valence-electron chi connectivity index (χ3n) is 4.69. The first-order valence-electron chi connectivity index (χ1n) is 8.77. The Morgan fingerprint density at radius 1 is 1.19 bits per heavy atom. The van der Waals surface area contributed by atoms with Crippen molar-refractivity contribution in [3.63, 3.8) is 0 Å². The van der Waals surface area contributed by atoms with Crippen LogP contribution in [0.15, 0.2) is 67.3 Å². The fourth-order valence-electron chi connectivity index (χ4n) is 3.32. The van der Waals surface area contributed by atoms with Crippen LogP contribution in [0.5, 0.6) is 0 Å². The maximum atomic E-state index is 13.3. The lowest BCUT2D eigenvalue weighted by Gasteiger charge is -2.33. The highest BCUT2D eigenvalue weighted by atomic mass is 16.5. The van der Waals surface area contributed by atoms with Crippen LogP contribution < -0.4 is 0 Å². The molecule has 1 aliphatic rings. The molecule has 1 amide bonds. The van der Waals surface area contributed by atoms with Crippen molar-refractivity contribution in [1.29, 1.82) is 0 Å². The molecule has 0 N–H and O–H groups in total. The third-order valence-corrected chi connectivity index (χ3v) is 4.69. The van der Waals surface area contributed by atoms with Gasteiger partial charge in [-0.2, -0.15) is 0 Å². The highest BCUT2D eigenvalue weighted by Crippen LogP contribution is 2.25. The average Bonchev–Trinajstić information content (AvgIpc) is 3.23. The van der Waals surface area contributed by atoms with Crippen molar-refractivity contribution >= 4 is 5.91 Å². The van der Waals surface area contributed by atoms with Crippen LogP contribution in [0.4, 0.5) is 0 Å². The zero-order chi connectivity index (χ0) is 17.9. The van der Waals surface area contributed by atoms with Gasteiger partial charge in [0.1, 0.15) is 6.10 Å².